The highest BCUT2D eigenvalue weighted by atomic mass is 32.2. The Bertz CT molecular complexity index is 1100. The van der Waals surface area contributed by atoms with Gasteiger partial charge in [-0.25, -0.2) is 13.1 Å². The Labute approximate surface area is 181 Å². The Balaban J connectivity index is 1.62. The molecule has 164 valence electrons. The van der Waals surface area contributed by atoms with Crippen LogP contribution in [0, 0.1) is 0 Å². The number of carbonyl (C=O) groups is 1. The summed E-state index contributed by atoms with van der Waals surface area (Å²) in [5.41, 5.74) is 0.858. The molecule has 8 nitrogen and oxygen atoms in total. The van der Waals surface area contributed by atoms with Gasteiger partial charge in [0.15, 0.2) is 11.5 Å². The summed E-state index contributed by atoms with van der Waals surface area (Å²) in [5, 5.41) is 2.89. The number of methoxy groups -OCH3 is 2. The molecular weight excluding hydrogens is 420 g/mol. The van der Waals surface area contributed by atoms with Crippen molar-refractivity contribution >= 4 is 15.9 Å². The quantitative estimate of drug-likeness (QED) is 0.498. The van der Waals surface area contributed by atoms with Gasteiger partial charge >= 0.3 is 0 Å². The molecule has 1 heterocycles. The smallest absolute Gasteiger partial charge is 0.240 e. The molecule has 0 saturated carbocycles. The van der Waals surface area contributed by atoms with Crippen molar-refractivity contribution in [3.05, 3.63) is 78.3 Å². The summed E-state index contributed by atoms with van der Waals surface area (Å²) in [6, 6.07) is 16.7. The third-order valence-electron chi connectivity index (χ3n) is 4.58. The molecule has 0 aliphatic heterocycles. The number of ether oxygens (including phenoxy) is 2. The molecular formula is C22H24N2O6S. The standard InChI is InChI=1S/C22H24N2O6S/c1-28-18-11-10-17(15-20(18)29-2)31(26,27)23-13-12-21(25)24-22(19-9-6-14-30-19)16-7-4-3-5-8-16/h3-11,14-15,22-23H,12-13H2,1-2H3,(H,24,25). The molecule has 3 rings (SSSR count). The zero-order valence-corrected chi connectivity index (χ0v) is 18.0. The molecule has 0 fully saturated rings. The second-order valence-electron chi connectivity index (χ2n) is 6.59. The third kappa shape index (κ3) is 5.65. The molecule has 0 spiro atoms. The molecule has 1 atom stereocenters. The first-order valence-electron chi connectivity index (χ1n) is 9.54. The van der Waals surface area contributed by atoms with Crippen LogP contribution in [0.1, 0.15) is 23.8 Å². The average molecular weight is 445 g/mol. The van der Waals surface area contributed by atoms with E-state index in [2.05, 4.69) is 10.0 Å². The molecule has 2 N–H and O–H groups in total. The van der Waals surface area contributed by atoms with Gasteiger partial charge in [-0.1, -0.05) is 30.3 Å². The van der Waals surface area contributed by atoms with E-state index in [9.17, 15) is 13.2 Å². The molecule has 3 aromatic rings. The minimum absolute atomic E-state index is 0.0169. The molecule has 1 unspecified atom stereocenters. The Morgan fingerprint density at radius 2 is 1.74 bits per heavy atom. The minimum Gasteiger partial charge on any atom is -0.493 e. The summed E-state index contributed by atoms with van der Waals surface area (Å²) in [5.74, 6) is 0.990. The highest BCUT2D eigenvalue weighted by Crippen LogP contribution is 2.29. The number of nitrogens with one attached hydrogen (secondary N) is 2. The van der Waals surface area contributed by atoms with E-state index in [1.165, 1.54) is 38.7 Å². The maximum atomic E-state index is 12.6. The lowest BCUT2D eigenvalue weighted by Crippen LogP contribution is -2.33. The van der Waals surface area contributed by atoms with E-state index in [1.807, 2.05) is 30.3 Å². The van der Waals surface area contributed by atoms with Gasteiger partial charge in [-0.05, 0) is 29.8 Å². The molecule has 0 bridgehead atoms. The summed E-state index contributed by atoms with van der Waals surface area (Å²) in [6.45, 7) is -0.0673. The fourth-order valence-corrected chi connectivity index (χ4v) is 4.07. The molecule has 0 aliphatic rings. The molecule has 1 amide bonds. The predicted molar refractivity (Wildman–Crippen MR) is 114 cm³/mol. The van der Waals surface area contributed by atoms with Crippen LogP contribution in [-0.2, 0) is 14.8 Å². The van der Waals surface area contributed by atoms with E-state index < -0.39 is 16.1 Å². The zero-order valence-electron chi connectivity index (χ0n) is 17.2. The summed E-state index contributed by atoms with van der Waals surface area (Å²) in [6.07, 6.45) is 1.49. The van der Waals surface area contributed by atoms with Crippen LogP contribution in [-0.4, -0.2) is 35.1 Å². The molecule has 0 aliphatic carbocycles. The maximum absolute atomic E-state index is 12.6. The van der Waals surface area contributed by atoms with Crippen LogP contribution >= 0.6 is 0 Å². The first-order chi connectivity index (χ1) is 14.9. The van der Waals surface area contributed by atoms with E-state index in [1.54, 1.807) is 12.1 Å². The fraction of sp³-hybridized carbons (Fsp3) is 0.227. The van der Waals surface area contributed by atoms with Crippen LogP contribution in [0.4, 0.5) is 0 Å². The van der Waals surface area contributed by atoms with E-state index in [4.69, 9.17) is 13.9 Å². The van der Waals surface area contributed by atoms with Crippen molar-refractivity contribution in [2.45, 2.75) is 17.4 Å². The van der Waals surface area contributed by atoms with Crippen molar-refractivity contribution < 1.29 is 27.1 Å². The van der Waals surface area contributed by atoms with Crippen molar-refractivity contribution in [1.29, 1.82) is 0 Å². The predicted octanol–water partition coefficient (Wildman–Crippen LogP) is 2.87. The van der Waals surface area contributed by atoms with Crippen molar-refractivity contribution in [3.63, 3.8) is 0 Å². The number of benzene rings is 2. The summed E-state index contributed by atoms with van der Waals surface area (Å²) < 4.78 is 43.3. The second kappa shape index (κ2) is 10.1. The van der Waals surface area contributed by atoms with Gasteiger partial charge in [-0.15, -0.1) is 0 Å². The van der Waals surface area contributed by atoms with E-state index in [0.29, 0.717) is 17.3 Å². The SMILES string of the molecule is COc1ccc(S(=O)(=O)NCCC(=O)NC(c2ccccc2)c2ccco2)cc1OC. The van der Waals surface area contributed by atoms with Gasteiger partial charge in [-0.2, -0.15) is 0 Å². The van der Waals surface area contributed by atoms with E-state index in [0.717, 1.165) is 5.56 Å². The van der Waals surface area contributed by atoms with Gasteiger partial charge in [0.2, 0.25) is 15.9 Å². The normalized spacial score (nSPS) is 12.2. The summed E-state index contributed by atoms with van der Waals surface area (Å²) in [7, 11) is -0.930. The lowest BCUT2D eigenvalue weighted by atomic mass is 10.0. The van der Waals surface area contributed by atoms with Gasteiger partial charge in [-0.3, -0.25) is 4.79 Å². The molecule has 2 aromatic carbocycles. The first-order valence-corrected chi connectivity index (χ1v) is 11.0. The van der Waals surface area contributed by atoms with Gasteiger partial charge in [0.05, 0.1) is 25.4 Å². The van der Waals surface area contributed by atoms with Crippen molar-refractivity contribution in [3.8, 4) is 11.5 Å². The molecule has 1 aromatic heterocycles. The van der Waals surface area contributed by atoms with Gasteiger partial charge in [0, 0.05) is 19.0 Å². The van der Waals surface area contributed by atoms with Crippen LogP contribution < -0.4 is 19.5 Å². The number of carbonyl (C=O) groups excluding carboxylic acids is 1. The van der Waals surface area contributed by atoms with Crippen LogP contribution in [0.2, 0.25) is 0 Å². The topological polar surface area (TPSA) is 107 Å². The monoisotopic (exact) mass is 444 g/mol. The van der Waals surface area contributed by atoms with Crippen LogP contribution in [0.25, 0.3) is 0 Å². The largest absolute Gasteiger partial charge is 0.493 e. The molecule has 9 heteroatoms. The highest BCUT2D eigenvalue weighted by Gasteiger charge is 2.21. The van der Waals surface area contributed by atoms with Crippen molar-refractivity contribution in [2.75, 3.05) is 20.8 Å². The van der Waals surface area contributed by atoms with E-state index in [-0.39, 0.29) is 23.8 Å². The summed E-state index contributed by atoms with van der Waals surface area (Å²) >= 11 is 0. The number of furan rings is 1. The first kappa shape index (κ1) is 22.4. The average Bonchev–Trinajstić information content (AvgIpc) is 3.32. The Morgan fingerprint density at radius 1 is 1.00 bits per heavy atom. The Morgan fingerprint density at radius 3 is 2.39 bits per heavy atom. The molecule has 31 heavy (non-hydrogen) atoms. The second-order valence-corrected chi connectivity index (χ2v) is 8.36. The fourth-order valence-electron chi connectivity index (χ4n) is 3.02. The minimum atomic E-state index is -3.82. The highest BCUT2D eigenvalue weighted by molar-refractivity contribution is 7.89. The van der Waals surface area contributed by atoms with Crippen molar-refractivity contribution in [2.24, 2.45) is 0 Å². The van der Waals surface area contributed by atoms with Crippen LogP contribution in [0.3, 0.4) is 0 Å². The number of hydrogen-bond acceptors (Lipinski definition) is 6. The van der Waals surface area contributed by atoms with Gasteiger partial charge < -0.3 is 19.2 Å². The van der Waals surface area contributed by atoms with Gasteiger partial charge in [0.1, 0.15) is 11.8 Å². The van der Waals surface area contributed by atoms with Crippen LogP contribution in [0.15, 0.2) is 76.2 Å². The number of amides is 1. The number of sulfonamides is 1. The molecule has 0 saturated heterocycles. The zero-order chi connectivity index (χ0) is 22.3. The maximum Gasteiger partial charge on any atom is 0.240 e. The Kier molecular flexibility index (Phi) is 7.32. The number of rotatable bonds is 10. The third-order valence-corrected chi connectivity index (χ3v) is 6.03. The van der Waals surface area contributed by atoms with E-state index >= 15 is 0 Å². The van der Waals surface area contributed by atoms with Crippen LogP contribution in [0.5, 0.6) is 11.5 Å². The lowest BCUT2D eigenvalue weighted by Gasteiger charge is -2.17. The summed E-state index contributed by atoms with van der Waals surface area (Å²) in [4.78, 5) is 12.5. The van der Waals surface area contributed by atoms with Crippen molar-refractivity contribution in [1.82, 2.24) is 10.0 Å². The lowest BCUT2D eigenvalue weighted by molar-refractivity contribution is -0.121. The van der Waals surface area contributed by atoms with Gasteiger partial charge in [0.25, 0.3) is 0 Å². The number of hydrogen-bond donors (Lipinski definition) is 2. The molecule has 0 radical (unpaired) electrons. The Hall–Kier alpha value is -3.30.